The molecule has 0 amide bonds. The Morgan fingerprint density at radius 1 is 1.38 bits per heavy atom. The van der Waals surface area contributed by atoms with Crippen molar-refractivity contribution < 1.29 is 4.74 Å². The summed E-state index contributed by atoms with van der Waals surface area (Å²) in [5.74, 6) is 3.50. The predicted octanol–water partition coefficient (Wildman–Crippen LogP) is 2.83. The number of halogens is 1. The first-order valence-corrected chi connectivity index (χ1v) is 6.15. The van der Waals surface area contributed by atoms with Crippen LogP contribution in [0, 0.1) is 12.3 Å². The number of ether oxygens (including phenoxy) is 1. The van der Waals surface area contributed by atoms with Crippen LogP contribution >= 0.6 is 15.9 Å². The SMILES string of the molecule is C#CCCCNCCOc1cccc(Br)c1. The molecule has 1 aromatic carbocycles. The Balaban J connectivity index is 2.05. The van der Waals surface area contributed by atoms with Crippen LogP contribution < -0.4 is 10.1 Å². The van der Waals surface area contributed by atoms with Gasteiger partial charge in [-0.05, 0) is 31.2 Å². The van der Waals surface area contributed by atoms with Gasteiger partial charge in [-0.25, -0.2) is 0 Å². The van der Waals surface area contributed by atoms with Crippen molar-refractivity contribution in [2.24, 2.45) is 0 Å². The molecule has 1 rings (SSSR count). The molecule has 0 saturated carbocycles. The van der Waals surface area contributed by atoms with Gasteiger partial charge in [-0.2, -0.15) is 0 Å². The van der Waals surface area contributed by atoms with E-state index in [-0.39, 0.29) is 0 Å². The van der Waals surface area contributed by atoms with Gasteiger partial charge in [0.15, 0.2) is 0 Å². The molecule has 0 saturated heterocycles. The van der Waals surface area contributed by atoms with Crippen LogP contribution in [0.5, 0.6) is 5.75 Å². The third-order valence-electron chi connectivity index (χ3n) is 2.02. The maximum atomic E-state index is 5.56. The van der Waals surface area contributed by atoms with Gasteiger partial charge in [0.1, 0.15) is 12.4 Å². The molecule has 86 valence electrons. The minimum atomic E-state index is 0.673. The van der Waals surface area contributed by atoms with Gasteiger partial charge in [0.25, 0.3) is 0 Å². The highest BCUT2D eigenvalue weighted by Gasteiger charge is 1.94. The fourth-order valence-corrected chi connectivity index (χ4v) is 1.62. The first-order valence-electron chi connectivity index (χ1n) is 5.35. The Hall–Kier alpha value is -0.980. The zero-order valence-corrected chi connectivity index (χ0v) is 10.8. The van der Waals surface area contributed by atoms with Crippen molar-refractivity contribution >= 4 is 15.9 Å². The van der Waals surface area contributed by atoms with E-state index in [2.05, 4.69) is 27.2 Å². The molecule has 0 unspecified atom stereocenters. The van der Waals surface area contributed by atoms with Gasteiger partial charge in [0.05, 0.1) is 0 Å². The molecule has 1 aromatic rings. The van der Waals surface area contributed by atoms with Gasteiger partial charge in [0.2, 0.25) is 0 Å². The smallest absolute Gasteiger partial charge is 0.120 e. The van der Waals surface area contributed by atoms with Crippen LogP contribution in [0.1, 0.15) is 12.8 Å². The van der Waals surface area contributed by atoms with Crippen LogP contribution in [0.4, 0.5) is 0 Å². The Kier molecular flexibility index (Phi) is 6.71. The number of terminal acetylenes is 1. The van der Waals surface area contributed by atoms with E-state index in [0.717, 1.165) is 36.2 Å². The Labute approximate surface area is 106 Å². The molecule has 0 radical (unpaired) electrons. The second-order valence-corrected chi connectivity index (χ2v) is 4.28. The molecule has 0 spiro atoms. The van der Waals surface area contributed by atoms with E-state index in [1.54, 1.807) is 0 Å². The lowest BCUT2D eigenvalue weighted by atomic mass is 10.3. The summed E-state index contributed by atoms with van der Waals surface area (Å²) in [6, 6.07) is 7.84. The van der Waals surface area contributed by atoms with Crippen molar-refractivity contribution in [2.45, 2.75) is 12.8 Å². The lowest BCUT2D eigenvalue weighted by molar-refractivity contribution is 0.314. The molecule has 0 atom stereocenters. The van der Waals surface area contributed by atoms with Crippen LogP contribution in [0.3, 0.4) is 0 Å². The van der Waals surface area contributed by atoms with Gasteiger partial charge >= 0.3 is 0 Å². The lowest BCUT2D eigenvalue weighted by Crippen LogP contribution is -2.21. The van der Waals surface area contributed by atoms with Gasteiger partial charge < -0.3 is 10.1 Å². The van der Waals surface area contributed by atoms with Crippen molar-refractivity contribution in [3.8, 4) is 18.1 Å². The summed E-state index contributed by atoms with van der Waals surface area (Å²) >= 11 is 3.40. The number of nitrogens with one attached hydrogen (secondary N) is 1. The molecule has 16 heavy (non-hydrogen) atoms. The Morgan fingerprint density at radius 2 is 2.25 bits per heavy atom. The quantitative estimate of drug-likeness (QED) is 0.613. The summed E-state index contributed by atoms with van der Waals surface area (Å²) in [5.41, 5.74) is 0. The Bertz CT molecular complexity index is 346. The van der Waals surface area contributed by atoms with E-state index in [0.29, 0.717) is 6.61 Å². The van der Waals surface area contributed by atoms with Crippen molar-refractivity contribution in [1.82, 2.24) is 5.32 Å². The van der Waals surface area contributed by atoms with Crippen LogP contribution in [0.15, 0.2) is 28.7 Å². The molecule has 3 heteroatoms. The Morgan fingerprint density at radius 3 is 3.00 bits per heavy atom. The molecule has 0 aromatic heterocycles. The molecule has 0 aliphatic heterocycles. The predicted molar refractivity (Wildman–Crippen MR) is 70.6 cm³/mol. The molecular formula is C13H16BrNO. The maximum Gasteiger partial charge on any atom is 0.120 e. The van der Waals surface area contributed by atoms with Crippen molar-refractivity contribution in [2.75, 3.05) is 19.7 Å². The average Bonchev–Trinajstić information content (AvgIpc) is 2.28. The summed E-state index contributed by atoms with van der Waals surface area (Å²) in [7, 11) is 0. The lowest BCUT2D eigenvalue weighted by Gasteiger charge is -2.07. The molecular weight excluding hydrogens is 266 g/mol. The highest BCUT2D eigenvalue weighted by molar-refractivity contribution is 9.10. The molecule has 0 heterocycles. The molecule has 2 nitrogen and oxygen atoms in total. The fourth-order valence-electron chi connectivity index (χ4n) is 1.24. The number of rotatable bonds is 7. The molecule has 0 aliphatic rings. The average molecular weight is 282 g/mol. The normalized spacial score (nSPS) is 9.75. The standard InChI is InChI=1S/C13H16BrNO/c1-2-3-4-8-15-9-10-16-13-7-5-6-12(14)11-13/h1,5-7,11,15H,3-4,8-10H2. The van der Waals surface area contributed by atoms with Gasteiger partial charge in [0, 0.05) is 17.4 Å². The number of unbranched alkanes of at least 4 members (excludes halogenated alkanes) is 1. The van der Waals surface area contributed by atoms with E-state index in [4.69, 9.17) is 11.2 Å². The first kappa shape index (κ1) is 13.1. The van der Waals surface area contributed by atoms with Crippen molar-refractivity contribution in [1.29, 1.82) is 0 Å². The topological polar surface area (TPSA) is 21.3 Å². The van der Waals surface area contributed by atoms with Crippen LogP contribution in [0.2, 0.25) is 0 Å². The van der Waals surface area contributed by atoms with Crippen LogP contribution in [-0.2, 0) is 0 Å². The number of hydrogen-bond acceptors (Lipinski definition) is 2. The van der Waals surface area contributed by atoms with Crippen LogP contribution in [0.25, 0.3) is 0 Å². The van der Waals surface area contributed by atoms with Crippen LogP contribution in [-0.4, -0.2) is 19.7 Å². The first-order chi connectivity index (χ1) is 7.83. The molecule has 0 fully saturated rings. The fraction of sp³-hybridized carbons (Fsp3) is 0.385. The second kappa shape index (κ2) is 8.20. The van der Waals surface area contributed by atoms with Crippen molar-refractivity contribution in [3.63, 3.8) is 0 Å². The summed E-state index contributed by atoms with van der Waals surface area (Å²) in [6.45, 7) is 2.47. The number of hydrogen-bond donors (Lipinski definition) is 1. The summed E-state index contributed by atoms with van der Waals surface area (Å²) in [5, 5.41) is 3.27. The van der Waals surface area contributed by atoms with Crippen molar-refractivity contribution in [3.05, 3.63) is 28.7 Å². The molecule has 0 bridgehead atoms. The largest absolute Gasteiger partial charge is 0.492 e. The minimum absolute atomic E-state index is 0.673. The van der Waals surface area contributed by atoms with E-state index in [1.807, 2.05) is 24.3 Å². The third-order valence-corrected chi connectivity index (χ3v) is 2.51. The van der Waals surface area contributed by atoms with Gasteiger partial charge in [-0.1, -0.05) is 22.0 Å². The zero-order chi connectivity index (χ0) is 11.6. The van der Waals surface area contributed by atoms with Gasteiger partial charge in [-0.3, -0.25) is 0 Å². The van der Waals surface area contributed by atoms with Gasteiger partial charge in [-0.15, -0.1) is 12.3 Å². The highest BCUT2D eigenvalue weighted by atomic mass is 79.9. The van der Waals surface area contributed by atoms with E-state index in [9.17, 15) is 0 Å². The van der Waals surface area contributed by atoms with E-state index < -0.39 is 0 Å². The monoisotopic (exact) mass is 281 g/mol. The third kappa shape index (κ3) is 5.79. The minimum Gasteiger partial charge on any atom is -0.492 e. The molecule has 1 N–H and O–H groups in total. The summed E-state index contributed by atoms with van der Waals surface area (Å²) in [6.07, 6.45) is 7.01. The van der Waals surface area contributed by atoms with E-state index >= 15 is 0 Å². The summed E-state index contributed by atoms with van der Waals surface area (Å²) < 4.78 is 6.59. The summed E-state index contributed by atoms with van der Waals surface area (Å²) in [4.78, 5) is 0. The maximum absolute atomic E-state index is 5.56. The van der Waals surface area contributed by atoms with E-state index in [1.165, 1.54) is 0 Å². The second-order valence-electron chi connectivity index (χ2n) is 3.36. The molecule has 0 aliphatic carbocycles. The zero-order valence-electron chi connectivity index (χ0n) is 9.21. The number of benzene rings is 1. The highest BCUT2D eigenvalue weighted by Crippen LogP contribution is 2.17.